The Morgan fingerprint density at radius 2 is 1.19 bits per heavy atom. The van der Waals surface area contributed by atoms with Gasteiger partial charge in [-0.25, -0.2) is 0 Å². The third-order valence-corrected chi connectivity index (χ3v) is 17.4. The van der Waals surface area contributed by atoms with E-state index in [1.54, 1.807) is 0 Å². The lowest BCUT2D eigenvalue weighted by Crippen LogP contribution is -2.77. The van der Waals surface area contributed by atoms with Gasteiger partial charge in [0.05, 0.1) is 0 Å². The summed E-state index contributed by atoms with van der Waals surface area (Å²) in [6.45, 7) is 4.75. The largest absolute Gasteiger partial charge is 0.311 e. The molecule has 0 spiro atoms. The minimum atomic E-state index is -2.90. The van der Waals surface area contributed by atoms with E-state index in [1.165, 1.54) is 93.1 Å². The first kappa shape index (κ1) is 31.3. The Morgan fingerprint density at radius 3 is 1.94 bits per heavy atom. The first-order valence-corrected chi connectivity index (χ1v) is 21.2. The Labute approximate surface area is 318 Å². The van der Waals surface area contributed by atoms with E-state index < -0.39 is 8.07 Å². The van der Waals surface area contributed by atoms with Crippen LogP contribution in [0.4, 0.5) is 17.1 Å². The summed E-state index contributed by atoms with van der Waals surface area (Å²) in [5.41, 5.74) is 14.5. The van der Waals surface area contributed by atoms with Crippen LogP contribution in [0.5, 0.6) is 0 Å². The molecule has 0 N–H and O–H groups in total. The Hall–Kier alpha value is -6.22. The van der Waals surface area contributed by atoms with Gasteiger partial charge in [0.15, 0.2) is 8.07 Å². The van der Waals surface area contributed by atoms with Crippen LogP contribution in [0.2, 0.25) is 0 Å². The van der Waals surface area contributed by atoms with Crippen molar-refractivity contribution < 1.29 is 0 Å². The number of anilines is 3. The minimum absolute atomic E-state index is 0.0659. The number of hydrogen-bond donors (Lipinski definition) is 0. The average Bonchev–Trinajstić information content (AvgIpc) is 3.46. The molecule has 1 aliphatic heterocycles. The molecule has 3 aliphatic rings. The van der Waals surface area contributed by atoms with Crippen LogP contribution in [0.15, 0.2) is 182 Å². The first-order chi connectivity index (χ1) is 26.5. The summed E-state index contributed by atoms with van der Waals surface area (Å²) in [5.74, 6) is 0. The van der Waals surface area contributed by atoms with Gasteiger partial charge in [-0.2, -0.15) is 0 Å². The molecule has 1 heterocycles. The zero-order chi connectivity index (χ0) is 36.0. The zero-order valence-electron chi connectivity index (χ0n) is 30.6. The van der Waals surface area contributed by atoms with Crippen molar-refractivity contribution in [2.45, 2.75) is 25.7 Å². The van der Waals surface area contributed by atoms with Gasteiger partial charge in [-0.05, 0) is 113 Å². The van der Waals surface area contributed by atoms with Gasteiger partial charge < -0.3 is 4.90 Å². The van der Waals surface area contributed by atoms with Crippen molar-refractivity contribution in [2.24, 2.45) is 0 Å². The summed E-state index contributed by atoms with van der Waals surface area (Å²) in [7, 11) is -2.90. The van der Waals surface area contributed by atoms with Gasteiger partial charge in [-0.1, -0.05) is 172 Å². The van der Waals surface area contributed by atoms with Crippen molar-refractivity contribution in [3.63, 3.8) is 0 Å². The van der Waals surface area contributed by atoms with Gasteiger partial charge >= 0.3 is 0 Å². The summed E-state index contributed by atoms with van der Waals surface area (Å²) < 4.78 is 0. The van der Waals surface area contributed by atoms with Crippen molar-refractivity contribution in [3.8, 4) is 22.3 Å². The highest BCUT2D eigenvalue weighted by molar-refractivity contribution is 7.21. The quantitative estimate of drug-likeness (QED) is 0.165. The third kappa shape index (κ3) is 4.26. The smallest absolute Gasteiger partial charge is 0.184 e. The van der Waals surface area contributed by atoms with Crippen LogP contribution in [0.25, 0.3) is 39.1 Å². The van der Waals surface area contributed by atoms with E-state index >= 15 is 0 Å². The fourth-order valence-corrected chi connectivity index (χ4v) is 15.5. The summed E-state index contributed by atoms with van der Waals surface area (Å²) in [5, 5.41) is 8.47. The van der Waals surface area contributed by atoms with Crippen molar-refractivity contribution in [3.05, 3.63) is 204 Å². The van der Waals surface area contributed by atoms with Crippen molar-refractivity contribution in [1.82, 2.24) is 0 Å². The molecule has 8 aromatic rings. The zero-order valence-corrected chi connectivity index (χ0v) is 31.6. The molecule has 0 saturated heterocycles. The maximum atomic E-state index is 2.58. The number of rotatable bonds is 4. The normalized spacial score (nSPS) is 15.3. The van der Waals surface area contributed by atoms with E-state index in [-0.39, 0.29) is 5.41 Å². The van der Waals surface area contributed by atoms with Crippen LogP contribution in [0.3, 0.4) is 0 Å². The van der Waals surface area contributed by atoms with Crippen molar-refractivity contribution in [1.29, 1.82) is 0 Å². The van der Waals surface area contributed by atoms with E-state index in [9.17, 15) is 0 Å². The van der Waals surface area contributed by atoms with E-state index in [1.807, 2.05) is 0 Å². The molecular weight excluding hydrogens is 667 g/mol. The Morgan fingerprint density at radius 1 is 0.537 bits per heavy atom. The van der Waals surface area contributed by atoms with E-state index in [2.05, 4.69) is 207 Å². The summed E-state index contributed by atoms with van der Waals surface area (Å²) >= 11 is 0. The number of allylic oxidation sites excluding steroid dienone is 1. The highest BCUT2D eigenvalue weighted by atomic mass is 28.3. The van der Waals surface area contributed by atoms with Gasteiger partial charge in [0.25, 0.3) is 0 Å². The van der Waals surface area contributed by atoms with Gasteiger partial charge in [0, 0.05) is 22.5 Å². The maximum absolute atomic E-state index is 2.90. The number of para-hydroxylation sites is 1. The first-order valence-electron chi connectivity index (χ1n) is 19.2. The fraction of sp³-hybridized carbons (Fsp3) is 0.0769. The van der Waals surface area contributed by atoms with E-state index in [4.69, 9.17) is 0 Å². The standard InChI is InChI=1S/C52H39NSi/c1-52(2)45-27-13-12-25-42(45)43-30-28-36(32-46(43)52)37-29-31-49-47(33-37)53(39-19-6-3-7-20-39)48-34-38-18-14-16-35-17-15-26-44(50(35)38)51(48)54(49,40-21-8-4-9-22-40)41-23-10-5-11-24-41/h3-25,27-34H,26H2,1-2H3. The molecule has 54 heavy (non-hydrogen) atoms. The minimum Gasteiger partial charge on any atom is -0.311 e. The molecule has 0 aromatic heterocycles. The molecule has 0 radical (unpaired) electrons. The molecule has 0 unspecified atom stereocenters. The summed E-state index contributed by atoms with van der Waals surface area (Å²) in [6.07, 6.45) is 5.62. The lowest BCUT2D eigenvalue weighted by atomic mass is 9.81. The average molecular weight is 706 g/mol. The molecule has 0 fully saturated rings. The Kier molecular flexibility index (Phi) is 6.75. The number of benzene rings is 8. The molecule has 2 aliphatic carbocycles. The molecule has 8 aromatic carbocycles. The fourth-order valence-electron chi connectivity index (χ4n) is 10.2. The summed E-state index contributed by atoms with van der Waals surface area (Å²) in [4.78, 5) is 2.58. The van der Waals surface area contributed by atoms with Crippen LogP contribution in [0.1, 0.15) is 36.1 Å². The van der Waals surface area contributed by atoms with E-state index in [0.29, 0.717) is 0 Å². The SMILES string of the molecule is CC1(C)c2ccccc2-c2ccc(-c3ccc4c(c3)N(c3ccccc3)c3cc5cccc6c5c(c3[Si]4(c3ccccc3)c3ccccc3)CC=C6)cc21. The van der Waals surface area contributed by atoms with E-state index in [0.717, 1.165) is 6.42 Å². The third-order valence-electron chi connectivity index (χ3n) is 12.5. The Balaban J connectivity index is 1.26. The van der Waals surface area contributed by atoms with Crippen molar-refractivity contribution >= 4 is 62.7 Å². The molecule has 0 bridgehead atoms. The molecular formula is C52H39NSi. The second-order valence-corrected chi connectivity index (χ2v) is 19.3. The highest BCUT2D eigenvalue weighted by Gasteiger charge is 2.51. The van der Waals surface area contributed by atoms with Gasteiger partial charge in [0.1, 0.15) is 0 Å². The molecule has 256 valence electrons. The molecule has 1 nitrogen and oxygen atoms in total. The molecule has 0 saturated carbocycles. The van der Waals surface area contributed by atoms with Crippen LogP contribution < -0.4 is 25.6 Å². The maximum Gasteiger partial charge on any atom is 0.184 e. The predicted octanol–water partition coefficient (Wildman–Crippen LogP) is 10.5. The number of hydrogen-bond acceptors (Lipinski definition) is 1. The van der Waals surface area contributed by atoms with Crippen LogP contribution in [-0.2, 0) is 11.8 Å². The van der Waals surface area contributed by atoms with Crippen molar-refractivity contribution in [2.75, 3.05) is 4.90 Å². The number of nitrogens with zero attached hydrogens (tertiary/aromatic N) is 1. The topological polar surface area (TPSA) is 3.24 Å². The van der Waals surface area contributed by atoms with Crippen LogP contribution >= 0.6 is 0 Å². The second-order valence-electron chi connectivity index (χ2n) is 15.6. The summed E-state index contributed by atoms with van der Waals surface area (Å²) in [6, 6.07) is 66.8. The highest BCUT2D eigenvalue weighted by Crippen LogP contribution is 2.50. The molecule has 11 rings (SSSR count). The molecule has 2 heteroatoms. The van der Waals surface area contributed by atoms with Gasteiger partial charge in [-0.15, -0.1) is 0 Å². The second kappa shape index (κ2) is 11.6. The lowest BCUT2D eigenvalue weighted by molar-refractivity contribution is 0.660. The van der Waals surface area contributed by atoms with Crippen LogP contribution in [0, 0.1) is 0 Å². The molecule has 0 atom stereocenters. The van der Waals surface area contributed by atoms with Gasteiger partial charge in [-0.3, -0.25) is 0 Å². The Bertz CT molecular complexity index is 2780. The van der Waals surface area contributed by atoms with Crippen LogP contribution in [-0.4, -0.2) is 8.07 Å². The molecule has 0 amide bonds. The lowest BCUT2D eigenvalue weighted by Gasteiger charge is -2.47. The van der Waals surface area contributed by atoms with Gasteiger partial charge in [0.2, 0.25) is 0 Å². The number of fused-ring (bicyclic) bond motifs is 6. The monoisotopic (exact) mass is 705 g/mol. The predicted molar refractivity (Wildman–Crippen MR) is 232 cm³/mol.